The lowest BCUT2D eigenvalue weighted by atomic mass is 10.1. The minimum Gasteiger partial charge on any atom is -0.444 e. The molecule has 2 heterocycles. The van der Waals surface area contributed by atoms with E-state index in [-0.39, 0.29) is 18.0 Å². The maximum absolute atomic E-state index is 12.6. The fourth-order valence-corrected chi connectivity index (χ4v) is 3.89. The van der Waals surface area contributed by atoms with E-state index in [1.807, 2.05) is 27.7 Å². The molecule has 0 atom stereocenters. The van der Waals surface area contributed by atoms with Gasteiger partial charge in [-0.15, -0.1) is 11.3 Å². The first-order chi connectivity index (χ1) is 12.2. The molecule has 0 bridgehead atoms. The molecule has 1 aromatic rings. The van der Waals surface area contributed by atoms with E-state index in [0.717, 1.165) is 42.8 Å². The normalized spacial score (nSPS) is 15.8. The second-order valence-electron chi connectivity index (χ2n) is 7.84. The van der Waals surface area contributed by atoms with Crippen molar-refractivity contribution in [3.63, 3.8) is 0 Å². The highest BCUT2D eigenvalue weighted by atomic mass is 32.1. The Labute approximate surface area is 160 Å². The molecule has 0 spiro atoms. The summed E-state index contributed by atoms with van der Waals surface area (Å²) in [6, 6.07) is 0.0850. The van der Waals surface area contributed by atoms with E-state index < -0.39 is 5.60 Å². The Kier molecular flexibility index (Phi) is 7.03. The van der Waals surface area contributed by atoms with Crippen LogP contribution in [0.3, 0.4) is 0 Å². The van der Waals surface area contributed by atoms with E-state index in [1.54, 1.807) is 4.90 Å². The summed E-state index contributed by atoms with van der Waals surface area (Å²) in [6.45, 7) is 10.8. The van der Waals surface area contributed by atoms with E-state index >= 15 is 0 Å². The second kappa shape index (κ2) is 8.84. The first-order valence-electron chi connectivity index (χ1n) is 9.44. The number of nitrogens with zero attached hydrogens (tertiary/aromatic N) is 2. The van der Waals surface area contributed by atoms with Gasteiger partial charge >= 0.3 is 6.09 Å². The monoisotopic (exact) mass is 381 g/mol. The maximum atomic E-state index is 12.6. The molecule has 2 amide bonds. The lowest BCUT2D eigenvalue weighted by molar-refractivity contribution is 0.0200. The molecule has 0 saturated carbocycles. The molecule has 2 rings (SSSR count). The van der Waals surface area contributed by atoms with E-state index in [0.29, 0.717) is 18.0 Å². The van der Waals surface area contributed by atoms with Gasteiger partial charge in [-0.1, -0.05) is 13.3 Å². The van der Waals surface area contributed by atoms with Gasteiger partial charge < -0.3 is 15.0 Å². The number of carbonyl (C=O) groups excluding carboxylic acids is 2. The van der Waals surface area contributed by atoms with Gasteiger partial charge in [0.1, 0.15) is 10.5 Å². The molecule has 0 aliphatic carbocycles. The van der Waals surface area contributed by atoms with E-state index in [4.69, 9.17) is 4.74 Å². The van der Waals surface area contributed by atoms with Crippen molar-refractivity contribution in [2.45, 2.75) is 78.4 Å². The quantitative estimate of drug-likeness (QED) is 0.839. The number of hydrogen-bond acceptors (Lipinski definition) is 5. The Hall–Kier alpha value is -1.63. The van der Waals surface area contributed by atoms with Crippen molar-refractivity contribution in [1.82, 2.24) is 15.2 Å². The number of hydrogen-bond donors (Lipinski definition) is 1. The zero-order valence-electron chi connectivity index (χ0n) is 16.6. The summed E-state index contributed by atoms with van der Waals surface area (Å²) in [6.07, 6.45) is 4.36. The lowest BCUT2D eigenvalue weighted by Crippen LogP contribution is -2.47. The van der Waals surface area contributed by atoms with Crippen LogP contribution < -0.4 is 5.32 Å². The van der Waals surface area contributed by atoms with Crippen LogP contribution in [0, 0.1) is 6.92 Å². The van der Waals surface area contributed by atoms with E-state index in [1.165, 1.54) is 11.3 Å². The molecular weight excluding hydrogens is 350 g/mol. The average Bonchev–Trinajstić information content (AvgIpc) is 2.93. The first kappa shape index (κ1) is 20.7. The van der Waals surface area contributed by atoms with Crippen molar-refractivity contribution in [3.05, 3.63) is 15.6 Å². The summed E-state index contributed by atoms with van der Waals surface area (Å²) in [4.78, 5) is 31.6. The summed E-state index contributed by atoms with van der Waals surface area (Å²) >= 11 is 1.50. The molecule has 1 fully saturated rings. The Morgan fingerprint density at radius 2 is 1.96 bits per heavy atom. The summed E-state index contributed by atoms with van der Waals surface area (Å²) < 4.78 is 5.41. The SMILES string of the molecule is CCCCc1nc(C)c(C(=O)NC2CCN(C(=O)OC(C)(C)C)CC2)s1. The zero-order valence-corrected chi connectivity index (χ0v) is 17.4. The molecule has 26 heavy (non-hydrogen) atoms. The molecule has 1 aromatic heterocycles. The number of piperidine rings is 1. The molecule has 1 aliphatic rings. The predicted molar refractivity (Wildman–Crippen MR) is 104 cm³/mol. The van der Waals surface area contributed by atoms with Crippen molar-refractivity contribution in [2.75, 3.05) is 13.1 Å². The van der Waals surface area contributed by atoms with Gasteiger partial charge in [0.25, 0.3) is 5.91 Å². The van der Waals surface area contributed by atoms with Crippen LogP contribution >= 0.6 is 11.3 Å². The molecule has 146 valence electrons. The minimum absolute atomic E-state index is 0.0431. The van der Waals surface area contributed by atoms with Crippen LogP contribution in [-0.2, 0) is 11.2 Å². The topological polar surface area (TPSA) is 71.5 Å². The number of rotatable bonds is 5. The number of unbranched alkanes of at least 4 members (excludes halogenated alkanes) is 1. The van der Waals surface area contributed by atoms with Crippen molar-refractivity contribution >= 4 is 23.3 Å². The minimum atomic E-state index is -0.485. The molecule has 0 unspecified atom stereocenters. The maximum Gasteiger partial charge on any atom is 0.410 e. The van der Waals surface area contributed by atoms with Crippen molar-refractivity contribution in [3.8, 4) is 0 Å². The van der Waals surface area contributed by atoms with Gasteiger partial charge in [-0.2, -0.15) is 0 Å². The zero-order chi connectivity index (χ0) is 19.3. The number of thiazole rings is 1. The number of ether oxygens (including phenoxy) is 1. The third-order valence-electron chi connectivity index (χ3n) is 4.27. The Morgan fingerprint density at radius 3 is 2.54 bits per heavy atom. The third kappa shape index (κ3) is 5.97. The van der Waals surface area contributed by atoms with Gasteiger partial charge in [0, 0.05) is 19.1 Å². The van der Waals surface area contributed by atoms with Gasteiger partial charge in [0.2, 0.25) is 0 Å². The van der Waals surface area contributed by atoms with Crippen LogP contribution in [-0.4, -0.2) is 46.6 Å². The molecule has 1 saturated heterocycles. The van der Waals surface area contributed by atoms with Crippen LogP contribution in [0.1, 0.15) is 73.8 Å². The van der Waals surface area contributed by atoms with Crippen LogP contribution in [0.5, 0.6) is 0 Å². The van der Waals surface area contributed by atoms with Crippen molar-refractivity contribution in [2.24, 2.45) is 0 Å². The van der Waals surface area contributed by atoms with Gasteiger partial charge in [-0.3, -0.25) is 4.79 Å². The fraction of sp³-hybridized carbons (Fsp3) is 0.737. The molecule has 0 aromatic carbocycles. The summed E-state index contributed by atoms with van der Waals surface area (Å²) in [5.74, 6) is -0.0431. The smallest absolute Gasteiger partial charge is 0.410 e. The first-order valence-corrected chi connectivity index (χ1v) is 10.3. The summed E-state index contributed by atoms with van der Waals surface area (Å²) in [7, 11) is 0. The Morgan fingerprint density at radius 1 is 1.31 bits per heavy atom. The van der Waals surface area contributed by atoms with Gasteiger partial charge in [0.05, 0.1) is 10.7 Å². The molecule has 6 nitrogen and oxygen atoms in total. The highest BCUT2D eigenvalue weighted by molar-refractivity contribution is 7.13. The number of nitrogens with one attached hydrogen (secondary N) is 1. The molecular formula is C19H31N3O3S. The molecule has 0 radical (unpaired) electrons. The van der Waals surface area contributed by atoms with Crippen LogP contribution in [0.25, 0.3) is 0 Å². The average molecular weight is 382 g/mol. The highest BCUT2D eigenvalue weighted by Gasteiger charge is 2.28. The third-order valence-corrected chi connectivity index (χ3v) is 5.49. The van der Waals surface area contributed by atoms with Crippen molar-refractivity contribution in [1.29, 1.82) is 0 Å². The van der Waals surface area contributed by atoms with Crippen molar-refractivity contribution < 1.29 is 14.3 Å². The summed E-state index contributed by atoms with van der Waals surface area (Å²) in [5, 5.41) is 4.14. The standard InChI is InChI=1S/C19H31N3O3S/c1-6-7-8-15-20-13(2)16(26-15)17(23)21-14-9-11-22(12-10-14)18(24)25-19(3,4)5/h14H,6-12H2,1-5H3,(H,21,23). The fourth-order valence-electron chi connectivity index (χ4n) is 2.88. The second-order valence-corrected chi connectivity index (χ2v) is 8.92. The van der Waals surface area contributed by atoms with Crippen LogP contribution in [0.15, 0.2) is 0 Å². The molecule has 7 heteroatoms. The van der Waals surface area contributed by atoms with Crippen LogP contribution in [0.4, 0.5) is 4.79 Å². The van der Waals surface area contributed by atoms with Gasteiger partial charge in [0.15, 0.2) is 0 Å². The van der Waals surface area contributed by atoms with E-state index in [2.05, 4.69) is 17.2 Å². The molecule has 1 aliphatic heterocycles. The number of amides is 2. The lowest BCUT2D eigenvalue weighted by Gasteiger charge is -2.33. The summed E-state index contributed by atoms with van der Waals surface area (Å²) in [5.41, 5.74) is 0.325. The number of likely N-dealkylation sites (tertiary alicyclic amines) is 1. The van der Waals surface area contributed by atoms with Gasteiger partial charge in [-0.05, 0) is 53.4 Å². The predicted octanol–water partition coefficient (Wildman–Crippen LogP) is 3.92. The largest absolute Gasteiger partial charge is 0.444 e. The Bertz CT molecular complexity index is 628. The molecule has 1 N–H and O–H groups in total. The van der Waals surface area contributed by atoms with Crippen LogP contribution in [0.2, 0.25) is 0 Å². The number of aryl methyl sites for hydroxylation is 2. The van der Waals surface area contributed by atoms with E-state index in [9.17, 15) is 9.59 Å². The number of carbonyl (C=O) groups is 2. The Balaban J connectivity index is 1.84. The highest BCUT2D eigenvalue weighted by Crippen LogP contribution is 2.21. The van der Waals surface area contributed by atoms with Gasteiger partial charge in [-0.25, -0.2) is 9.78 Å². The number of aromatic nitrogens is 1.